The molecule has 36 nitrogen and oxygen atoms in total. The van der Waals surface area contributed by atoms with Gasteiger partial charge in [0.15, 0.2) is 37.7 Å². The number of aliphatic hydroxyl groups excluding tert-OH is 18. The molecular formula is C84H153N3O33. The van der Waals surface area contributed by atoms with E-state index in [1.165, 1.54) is 161 Å². The van der Waals surface area contributed by atoms with Crippen molar-refractivity contribution in [1.82, 2.24) is 16.0 Å². The molecule has 6 aliphatic rings. The Hall–Kier alpha value is -3.05. The van der Waals surface area contributed by atoms with E-state index >= 15 is 0 Å². The van der Waals surface area contributed by atoms with Gasteiger partial charge in [0.1, 0.15) is 146 Å². The highest BCUT2D eigenvalue weighted by atomic mass is 16.8. The Morgan fingerprint density at radius 3 is 1.06 bits per heavy atom. The fraction of sp³-hybridized carbons (Fsp3) is 0.940. The van der Waals surface area contributed by atoms with Gasteiger partial charge in [0.2, 0.25) is 17.7 Å². The molecular weight excluding hydrogens is 1580 g/mol. The molecule has 0 aliphatic carbocycles. The summed E-state index contributed by atoms with van der Waals surface area (Å²) in [4.78, 5) is 39.5. The number of allylic oxidation sites excluding steroid dienone is 1. The van der Waals surface area contributed by atoms with Gasteiger partial charge < -0.3 is 165 Å². The van der Waals surface area contributed by atoms with Crippen molar-refractivity contribution >= 4 is 17.7 Å². The van der Waals surface area contributed by atoms with Gasteiger partial charge in [-0.05, 0) is 19.3 Å². The van der Waals surface area contributed by atoms with Crippen LogP contribution in [0.3, 0.4) is 0 Å². The largest absolute Gasteiger partial charge is 0.394 e. The molecule has 12 unspecified atom stereocenters. The Kier molecular flexibility index (Phi) is 51.5. The molecule has 702 valence electrons. The van der Waals surface area contributed by atoms with E-state index in [2.05, 4.69) is 29.8 Å². The van der Waals surface area contributed by atoms with Gasteiger partial charge in [-0.2, -0.15) is 0 Å². The highest BCUT2D eigenvalue weighted by Gasteiger charge is 2.58. The minimum atomic E-state index is -2.32. The molecule has 36 heteroatoms. The van der Waals surface area contributed by atoms with Crippen molar-refractivity contribution in [2.45, 2.75) is 455 Å². The van der Waals surface area contributed by atoms with Gasteiger partial charge in [-0.15, -0.1) is 0 Å². The van der Waals surface area contributed by atoms with Crippen LogP contribution >= 0.6 is 0 Å². The maximum absolute atomic E-state index is 13.7. The summed E-state index contributed by atoms with van der Waals surface area (Å²) in [7, 11) is 0. The summed E-state index contributed by atoms with van der Waals surface area (Å²) in [6.45, 7) is 0.242. The first-order valence-electron chi connectivity index (χ1n) is 45.0. The summed E-state index contributed by atoms with van der Waals surface area (Å²) >= 11 is 0. The number of aliphatic hydroxyl groups is 18. The van der Waals surface area contributed by atoms with E-state index in [1.54, 1.807) is 6.08 Å². The Morgan fingerprint density at radius 2 is 0.658 bits per heavy atom. The molecule has 32 atom stereocenters. The smallest absolute Gasteiger partial charge is 0.220 e. The van der Waals surface area contributed by atoms with E-state index < -0.39 is 254 Å². The second kappa shape index (κ2) is 58.4. The maximum atomic E-state index is 13.7. The van der Waals surface area contributed by atoms with E-state index in [1.807, 2.05) is 6.08 Å². The molecule has 0 aromatic carbocycles. The summed E-state index contributed by atoms with van der Waals surface area (Å²) < 4.78 is 71.6. The third-order valence-electron chi connectivity index (χ3n) is 23.7. The van der Waals surface area contributed by atoms with Crippen LogP contribution in [0.5, 0.6) is 0 Å². The van der Waals surface area contributed by atoms with E-state index in [9.17, 15) is 106 Å². The zero-order chi connectivity index (χ0) is 87.6. The number of hydrogen-bond acceptors (Lipinski definition) is 33. The first kappa shape index (κ1) is 106. The van der Waals surface area contributed by atoms with E-state index in [4.69, 9.17) is 56.8 Å². The molecule has 6 aliphatic heterocycles. The fourth-order valence-corrected chi connectivity index (χ4v) is 16.4. The average molecular weight is 1730 g/mol. The quantitative estimate of drug-likeness (QED) is 0.0294. The molecule has 0 aromatic rings. The number of ether oxygens (including phenoxy) is 12. The van der Waals surface area contributed by atoms with Gasteiger partial charge >= 0.3 is 0 Å². The molecule has 6 saturated heterocycles. The first-order chi connectivity index (χ1) is 57.8. The molecule has 0 bridgehead atoms. The lowest BCUT2D eigenvalue weighted by Crippen LogP contribution is -2.70. The van der Waals surface area contributed by atoms with Crippen molar-refractivity contribution in [2.24, 2.45) is 0 Å². The zero-order valence-corrected chi connectivity index (χ0v) is 71.2. The van der Waals surface area contributed by atoms with Gasteiger partial charge in [0.25, 0.3) is 0 Å². The number of rotatable bonds is 60. The van der Waals surface area contributed by atoms with E-state index in [0.29, 0.717) is 12.8 Å². The molecule has 6 rings (SSSR count). The van der Waals surface area contributed by atoms with Crippen molar-refractivity contribution in [2.75, 3.05) is 46.2 Å². The molecule has 120 heavy (non-hydrogen) atoms. The highest BCUT2D eigenvalue weighted by Crippen LogP contribution is 2.38. The predicted molar refractivity (Wildman–Crippen MR) is 431 cm³/mol. The summed E-state index contributed by atoms with van der Waals surface area (Å²) in [5.74, 6) is -2.05. The first-order valence-corrected chi connectivity index (χ1v) is 45.0. The van der Waals surface area contributed by atoms with Gasteiger partial charge in [0, 0.05) is 20.3 Å². The molecule has 0 radical (unpaired) electrons. The van der Waals surface area contributed by atoms with Crippen LogP contribution in [-0.2, 0) is 71.2 Å². The summed E-state index contributed by atoms with van der Waals surface area (Å²) in [5, 5.41) is 208. The SMILES string of the molecule is CCCCCCCCCCCCC/C=C/[C@@H](O)[C@H](CO[C@@H]1OC(CO)[C@@H](O[C@@H]2OC(CO[C@@H]3OC(CO)[C@@H](O[C@@H]4OC(CO)[C@H](O)[C@H](O)C4O)[C@H](O)C3NC(C)=O)[C@H](O)[C@H](O[C@@H]3OC(CO)[C@@H](O[C@@H]4OC(CO)[C@H](O)[C@H](O)C4O)[C@H](O)C3NC(C)=O)C2O)[C@H](O)C1O)NC(=O)CCCCCCCCCCCCCCCCCCCCCCCCC. The van der Waals surface area contributed by atoms with Crippen molar-refractivity contribution in [1.29, 1.82) is 0 Å². The van der Waals surface area contributed by atoms with Gasteiger partial charge in [-0.1, -0.05) is 231 Å². The van der Waals surface area contributed by atoms with E-state index in [0.717, 1.165) is 65.2 Å². The Morgan fingerprint density at radius 1 is 0.333 bits per heavy atom. The van der Waals surface area contributed by atoms with Crippen LogP contribution in [-0.4, -0.2) is 352 Å². The van der Waals surface area contributed by atoms with Crippen LogP contribution < -0.4 is 16.0 Å². The minimum Gasteiger partial charge on any atom is -0.394 e. The molecule has 0 saturated carbocycles. The summed E-state index contributed by atoms with van der Waals surface area (Å²) in [6.07, 6.45) is -10.0. The van der Waals surface area contributed by atoms with E-state index in [-0.39, 0.29) is 12.3 Å². The Bertz CT molecular complexity index is 2740. The molecule has 0 aromatic heterocycles. The summed E-state index contributed by atoms with van der Waals surface area (Å²) in [6, 6.07) is -4.67. The fourth-order valence-electron chi connectivity index (χ4n) is 16.4. The number of nitrogens with one attached hydrogen (secondary N) is 3. The zero-order valence-electron chi connectivity index (χ0n) is 71.2. The van der Waals surface area contributed by atoms with Crippen molar-refractivity contribution in [3.63, 3.8) is 0 Å². The highest BCUT2D eigenvalue weighted by molar-refractivity contribution is 5.76. The molecule has 0 spiro atoms. The average Bonchev–Trinajstić information content (AvgIpc) is 0.763. The number of hydrogen-bond donors (Lipinski definition) is 21. The summed E-state index contributed by atoms with van der Waals surface area (Å²) in [5.41, 5.74) is 0. The monoisotopic (exact) mass is 1730 g/mol. The van der Waals surface area contributed by atoms with Crippen LogP contribution in [0.15, 0.2) is 12.2 Å². The second-order valence-corrected chi connectivity index (χ2v) is 33.5. The van der Waals surface area contributed by atoms with Gasteiger partial charge in [0.05, 0.1) is 58.4 Å². The van der Waals surface area contributed by atoms with Crippen LogP contribution in [0.25, 0.3) is 0 Å². The lowest BCUT2D eigenvalue weighted by atomic mass is 9.94. The van der Waals surface area contributed by atoms with Crippen LogP contribution in [0.2, 0.25) is 0 Å². The van der Waals surface area contributed by atoms with Gasteiger partial charge in [-0.3, -0.25) is 14.4 Å². The standard InChI is InChI=1S/C84H153N3O33/c1-5-7-9-11-13-15-17-19-20-21-22-23-24-25-26-27-28-30-32-34-36-38-40-42-60(96)87-52(53(95)41-39-37-35-33-31-29-18-16-14-12-10-8-6-2)48-109-81-73(107)70(104)77(58(47-92)115-81)119-84-74(108)78(120-80-62(86-51(4)94)67(101)76(57(46-91)114-80)118-83-72(106)69(103)64(98)55(44-89)112-83)65(99)59(116-84)49-110-79-61(85-50(3)93)66(100)75(56(45-90)113-79)117-82-71(105)68(102)63(97)54(43-88)111-82/h39,41,52-59,61-84,88-92,95,97-108H,5-38,40,42-49H2,1-4H3,(H,85,93)(H,86,94)(H,87,96)/b41-39+/t52-,53+,54?,55?,56?,57?,58?,59?,61?,62?,63-,64-,65-,66+,67+,68-,69-,70+,71?,72?,73?,74?,75+,76+,77+,78-,79+,80-,81+,82-,83-,84-/m0/s1. The molecule has 3 amide bonds. The molecule has 21 N–H and O–H groups in total. The normalized spacial score (nSPS) is 35.5. The Labute approximate surface area is 707 Å². The molecule has 6 fully saturated rings. The topological polar surface area (TPSA) is 562 Å². The van der Waals surface area contributed by atoms with Crippen molar-refractivity contribution in [3.05, 3.63) is 12.2 Å². The number of unbranched alkanes of at least 4 members (excludes halogenated alkanes) is 33. The second-order valence-electron chi connectivity index (χ2n) is 33.5. The number of carbonyl (C=O) groups is 3. The van der Waals surface area contributed by atoms with Crippen molar-refractivity contribution < 1.29 is 163 Å². The predicted octanol–water partition coefficient (Wildman–Crippen LogP) is 0.697. The number of amides is 3. The maximum Gasteiger partial charge on any atom is 0.220 e. The van der Waals surface area contributed by atoms with Crippen LogP contribution in [0.4, 0.5) is 0 Å². The molecule has 6 heterocycles. The van der Waals surface area contributed by atoms with Crippen LogP contribution in [0.1, 0.15) is 259 Å². The third-order valence-corrected chi connectivity index (χ3v) is 23.7. The Balaban J connectivity index is 1.14. The lowest BCUT2D eigenvalue weighted by Gasteiger charge is -2.50. The lowest BCUT2D eigenvalue weighted by molar-refractivity contribution is -0.385. The number of carbonyl (C=O) groups excluding carboxylic acids is 3. The minimum absolute atomic E-state index is 0.146. The van der Waals surface area contributed by atoms with Crippen molar-refractivity contribution in [3.8, 4) is 0 Å². The van der Waals surface area contributed by atoms with Crippen LogP contribution in [0, 0.1) is 0 Å². The third kappa shape index (κ3) is 34.2. The van der Waals surface area contributed by atoms with Gasteiger partial charge in [-0.25, -0.2) is 0 Å².